The Hall–Kier alpha value is -7.03. The number of rotatable bonds is 4. The number of fused-ring (bicyclic) bond motifs is 7. The van der Waals surface area contributed by atoms with Crippen molar-refractivity contribution >= 4 is 54.5 Å². The fourth-order valence-electron chi connectivity index (χ4n) is 7.53. The SMILES string of the molecule is N#Cc1cccc2nc(-c3ccccc3)nc(-c3ccc(-n4c5ccccc5c5cc6c(cc54)c4ccccc4n6-c4ccccc4)cc3)c12. The summed E-state index contributed by atoms with van der Waals surface area (Å²) in [6, 6.07) is 59.1. The lowest BCUT2D eigenvalue weighted by atomic mass is 10.0. The quantitative estimate of drug-likeness (QED) is 0.193. The Labute approximate surface area is 287 Å². The molecule has 0 aliphatic heterocycles. The third-order valence-corrected chi connectivity index (χ3v) is 9.76. The van der Waals surface area contributed by atoms with Gasteiger partial charge in [0.05, 0.1) is 44.9 Å². The second-order valence-corrected chi connectivity index (χ2v) is 12.5. The number of hydrogen-bond acceptors (Lipinski definition) is 3. The minimum absolute atomic E-state index is 0.558. The highest BCUT2D eigenvalue weighted by Crippen LogP contribution is 2.40. The van der Waals surface area contributed by atoms with E-state index in [0.29, 0.717) is 11.4 Å². The summed E-state index contributed by atoms with van der Waals surface area (Å²) in [5, 5.41) is 15.7. The Balaban J connectivity index is 1.20. The van der Waals surface area contributed by atoms with Crippen LogP contribution in [0, 0.1) is 11.3 Å². The first kappa shape index (κ1) is 28.0. The fourth-order valence-corrected chi connectivity index (χ4v) is 7.53. The molecule has 10 rings (SSSR count). The van der Waals surface area contributed by atoms with Crippen molar-refractivity contribution < 1.29 is 0 Å². The van der Waals surface area contributed by atoms with Gasteiger partial charge in [-0.3, -0.25) is 0 Å². The van der Waals surface area contributed by atoms with Crippen molar-refractivity contribution in [3.8, 4) is 40.1 Å². The molecular weight excluding hydrogens is 611 g/mol. The molecule has 0 fully saturated rings. The van der Waals surface area contributed by atoms with Gasteiger partial charge in [-0.05, 0) is 60.7 Å². The van der Waals surface area contributed by atoms with Crippen molar-refractivity contribution in [3.05, 3.63) is 169 Å². The van der Waals surface area contributed by atoms with Crippen molar-refractivity contribution in [2.75, 3.05) is 0 Å². The van der Waals surface area contributed by atoms with Crippen LogP contribution in [0.4, 0.5) is 0 Å². The molecule has 3 heterocycles. The van der Waals surface area contributed by atoms with E-state index in [2.05, 4.69) is 130 Å². The molecule has 0 atom stereocenters. The van der Waals surface area contributed by atoms with E-state index < -0.39 is 0 Å². The number of benzene rings is 7. The number of para-hydroxylation sites is 3. The third-order valence-electron chi connectivity index (χ3n) is 9.76. The zero-order valence-electron chi connectivity index (χ0n) is 26.8. The summed E-state index contributed by atoms with van der Waals surface area (Å²) in [5.41, 5.74) is 10.8. The van der Waals surface area contributed by atoms with Gasteiger partial charge in [0.1, 0.15) is 0 Å². The van der Waals surface area contributed by atoms with Crippen molar-refractivity contribution in [3.63, 3.8) is 0 Å². The number of nitriles is 1. The lowest BCUT2D eigenvalue weighted by Crippen LogP contribution is -1.98. The smallest absolute Gasteiger partial charge is 0.160 e. The molecule has 0 radical (unpaired) electrons. The van der Waals surface area contributed by atoms with Crippen molar-refractivity contribution in [1.82, 2.24) is 19.1 Å². The van der Waals surface area contributed by atoms with Crippen LogP contribution < -0.4 is 0 Å². The Morgan fingerprint density at radius 2 is 1.00 bits per heavy atom. The molecule has 0 unspecified atom stereocenters. The lowest BCUT2D eigenvalue weighted by molar-refractivity contribution is 1.17. The topological polar surface area (TPSA) is 59.4 Å². The molecule has 5 heteroatoms. The zero-order valence-corrected chi connectivity index (χ0v) is 26.8. The summed E-state index contributed by atoms with van der Waals surface area (Å²) in [4.78, 5) is 9.93. The van der Waals surface area contributed by atoms with Gasteiger partial charge in [0.2, 0.25) is 0 Å². The maximum absolute atomic E-state index is 10.1. The van der Waals surface area contributed by atoms with Gasteiger partial charge in [-0.15, -0.1) is 0 Å². The molecule has 0 saturated heterocycles. The van der Waals surface area contributed by atoms with Crippen molar-refractivity contribution in [1.29, 1.82) is 5.26 Å². The Morgan fingerprint density at radius 3 is 1.62 bits per heavy atom. The van der Waals surface area contributed by atoms with Gasteiger partial charge in [0.15, 0.2) is 5.82 Å². The van der Waals surface area contributed by atoms with E-state index in [1.807, 2.05) is 48.5 Å². The van der Waals surface area contributed by atoms with Gasteiger partial charge < -0.3 is 9.13 Å². The molecule has 0 saturated carbocycles. The number of hydrogen-bond donors (Lipinski definition) is 0. The molecule has 0 aliphatic carbocycles. The molecule has 0 N–H and O–H groups in total. The Kier molecular flexibility index (Phi) is 6.17. The van der Waals surface area contributed by atoms with Gasteiger partial charge in [-0.25, -0.2) is 9.97 Å². The number of nitrogens with zero attached hydrogens (tertiary/aromatic N) is 5. The van der Waals surface area contributed by atoms with Crippen LogP contribution in [-0.2, 0) is 0 Å². The molecule has 3 aromatic heterocycles. The van der Waals surface area contributed by atoms with Gasteiger partial charge in [0, 0.05) is 49.4 Å². The van der Waals surface area contributed by atoms with E-state index in [-0.39, 0.29) is 0 Å². The molecule has 10 aromatic rings. The molecular formula is C45H27N5. The highest BCUT2D eigenvalue weighted by Gasteiger charge is 2.19. The highest BCUT2D eigenvalue weighted by atomic mass is 15.0. The fraction of sp³-hybridized carbons (Fsp3) is 0. The van der Waals surface area contributed by atoms with E-state index in [9.17, 15) is 5.26 Å². The normalized spacial score (nSPS) is 11.6. The van der Waals surface area contributed by atoms with Crippen LogP contribution in [0.5, 0.6) is 0 Å². The first-order valence-electron chi connectivity index (χ1n) is 16.7. The largest absolute Gasteiger partial charge is 0.309 e. The van der Waals surface area contributed by atoms with Crippen LogP contribution in [0.25, 0.3) is 88.5 Å². The summed E-state index contributed by atoms with van der Waals surface area (Å²) in [6.45, 7) is 0. The summed E-state index contributed by atoms with van der Waals surface area (Å²) in [6.07, 6.45) is 0. The predicted octanol–water partition coefficient (Wildman–Crippen LogP) is 11.0. The van der Waals surface area contributed by atoms with Crippen LogP contribution in [0.2, 0.25) is 0 Å². The minimum atomic E-state index is 0.558. The highest BCUT2D eigenvalue weighted by molar-refractivity contribution is 6.19. The first-order valence-corrected chi connectivity index (χ1v) is 16.7. The first-order chi connectivity index (χ1) is 24.8. The van der Waals surface area contributed by atoms with Crippen LogP contribution in [0.3, 0.4) is 0 Å². The van der Waals surface area contributed by atoms with E-state index in [4.69, 9.17) is 9.97 Å². The molecule has 232 valence electrons. The average Bonchev–Trinajstić information content (AvgIpc) is 3.69. The van der Waals surface area contributed by atoms with Gasteiger partial charge in [0.25, 0.3) is 0 Å². The molecule has 0 amide bonds. The van der Waals surface area contributed by atoms with Crippen LogP contribution in [-0.4, -0.2) is 19.1 Å². The Bertz CT molecular complexity index is 2970. The minimum Gasteiger partial charge on any atom is -0.309 e. The second kappa shape index (κ2) is 11.0. The molecule has 0 aliphatic rings. The lowest BCUT2D eigenvalue weighted by Gasteiger charge is -2.12. The summed E-state index contributed by atoms with van der Waals surface area (Å²) in [7, 11) is 0. The maximum Gasteiger partial charge on any atom is 0.160 e. The van der Waals surface area contributed by atoms with Crippen LogP contribution in [0.15, 0.2) is 164 Å². The van der Waals surface area contributed by atoms with E-state index >= 15 is 0 Å². The van der Waals surface area contributed by atoms with Crippen LogP contribution >= 0.6 is 0 Å². The molecule has 5 nitrogen and oxygen atoms in total. The number of aromatic nitrogens is 4. The zero-order chi connectivity index (χ0) is 33.2. The third kappa shape index (κ3) is 4.19. The van der Waals surface area contributed by atoms with Crippen molar-refractivity contribution in [2.45, 2.75) is 0 Å². The molecule has 0 spiro atoms. The van der Waals surface area contributed by atoms with E-state index in [0.717, 1.165) is 50.1 Å². The van der Waals surface area contributed by atoms with Gasteiger partial charge >= 0.3 is 0 Å². The maximum atomic E-state index is 10.1. The molecule has 50 heavy (non-hydrogen) atoms. The Morgan fingerprint density at radius 1 is 0.440 bits per heavy atom. The predicted molar refractivity (Wildman–Crippen MR) is 204 cm³/mol. The van der Waals surface area contributed by atoms with Crippen LogP contribution in [0.1, 0.15) is 5.56 Å². The monoisotopic (exact) mass is 637 g/mol. The summed E-state index contributed by atoms with van der Waals surface area (Å²) in [5.74, 6) is 0.633. The molecule has 0 bridgehead atoms. The summed E-state index contributed by atoms with van der Waals surface area (Å²) < 4.78 is 4.73. The van der Waals surface area contributed by atoms with E-state index in [1.165, 1.54) is 32.6 Å². The van der Waals surface area contributed by atoms with Gasteiger partial charge in [-0.2, -0.15) is 5.26 Å². The molecule has 7 aromatic carbocycles. The van der Waals surface area contributed by atoms with E-state index in [1.54, 1.807) is 0 Å². The van der Waals surface area contributed by atoms with Gasteiger partial charge in [-0.1, -0.05) is 103 Å². The average molecular weight is 638 g/mol. The standard InChI is InChI=1S/C45H27N5/c46-28-31-14-11-19-38-43(31)44(48-45(47-38)30-12-3-1-4-13-30)29-22-24-33(25-23-29)50-40-21-10-8-18-35(40)37-26-41-36(27-42(37)50)34-17-7-9-20-39(34)49(41)32-15-5-2-6-16-32/h1-27H. The second-order valence-electron chi connectivity index (χ2n) is 12.5. The van der Waals surface area contributed by atoms with Crippen molar-refractivity contribution in [2.24, 2.45) is 0 Å². The summed E-state index contributed by atoms with van der Waals surface area (Å²) >= 11 is 0.